The van der Waals surface area contributed by atoms with Crippen molar-refractivity contribution in [1.82, 2.24) is 0 Å². The van der Waals surface area contributed by atoms with E-state index in [1.807, 2.05) is 24.3 Å². The number of anilines is 3. The van der Waals surface area contributed by atoms with E-state index in [0.717, 1.165) is 110 Å². The van der Waals surface area contributed by atoms with Gasteiger partial charge in [0.25, 0.3) is 0 Å². The first-order valence-corrected chi connectivity index (χ1v) is 25.6. The fourth-order valence-electron chi connectivity index (χ4n) is 12.0. The van der Waals surface area contributed by atoms with Gasteiger partial charge in [-0.1, -0.05) is 172 Å². The molecule has 69 heavy (non-hydrogen) atoms. The molecule has 3 aliphatic rings. The van der Waals surface area contributed by atoms with Crippen LogP contribution in [0.1, 0.15) is 25.0 Å². The average Bonchev–Trinajstić information content (AvgIpc) is 4.05. The highest BCUT2D eigenvalue weighted by atomic mass is 28.3. The maximum Gasteiger partial charge on any atom is 0.196 e. The van der Waals surface area contributed by atoms with Gasteiger partial charge < -0.3 is 23.2 Å². The lowest BCUT2D eigenvalue weighted by Gasteiger charge is -2.43. The van der Waals surface area contributed by atoms with Crippen molar-refractivity contribution in [2.45, 2.75) is 19.3 Å². The van der Waals surface area contributed by atoms with Crippen molar-refractivity contribution in [2.75, 3.05) is 4.90 Å². The van der Waals surface area contributed by atoms with Crippen LogP contribution in [0.2, 0.25) is 0 Å². The number of fused-ring (bicyclic) bond motifs is 19. The van der Waals surface area contributed by atoms with Gasteiger partial charge in [-0.3, -0.25) is 0 Å². The molecule has 0 saturated carbocycles. The number of para-hydroxylation sites is 3. The summed E-state index contributed by atoms with van der Waals surface area (Å²) in [5, 5.41) is 8.62. The fraction of sp³-hybridized carbons (Fsp3) is 0.0476. The first-order valence-electron chi connectivity index (χ1n) is 23.6. The number of benzene rings is 10. The van der Waals surface area contributed by atoms with E-state index in [2.05, 4.69) is 207 Å². The first-order chi connectivity index (χ1) is 33.9. The summed E-state index contributed by atoms with van der Waals surface area (Å²) in [6.07, 6.45) is 0. The second kappa shape index (κ2) is 14.0. The van der Waals surface area contributed by atoms with E-state index in [-0.39, 0.29) is 5.41 Å². The van der Waals surface area contributed by atoms with Crippen LogP contribution in [0.4, 0.5) is 17.1 Å². The Morgan fingerprint density at radius 1 is 0.377 bits per heavy atom. The fourth-order valence-corrected chi connectivity index (χ4v) is 17.1. The Bertz CT molecular complexity index is 4010. The van der Waals surface area contributed by atoms with Crippen LogP contribution in [-0.4, -0.2) is 8.07 Å². The van der Waals surface area contributed by atoms with Gasteiger partial charge in [-0.05, 0) is 92.3 Å². The zero-order chi connectivity index (χ0) is 45.6. The molecule has 15 rings (SSSR count). The number of hydrogen-bond acceptors (Lipinski definition) is 5. The van der Waals surface area contributed by atoms with Crippen LogP contribution in [-0.2, 0) is 5.41 Å². The molecule has 6 heteroatoms. The molecule has 12 aromatic rings. The summed E-state index contributed by atoms with van der Waals surface area (Å²) in [6, 6.07) is 76.3. The molecular formula is C63H41NO4Si. The van der Waals surface area contributed by atoms with Gasteiger partial charge in [-0.25, -0.2) is 0 Å². The highest BCUT2D eigenvalue weighted by Crippen LogP contribution is 2.52. The smallest absolute Gasteiger partial charge is 0.196 e. The van der Waals surface area contributed by atoms with Gasteiger partial charge in [-0.15, -0.1) is 0 Å². The van der Waals surface area contributed by atoms with Crippen LogP contribution in [0.3, 0.4) is 0 Å². The Morgan fingerprint density at radius 2 is 0.913 bits per heavy atom. The molecule has 0 N–H and O–H groups in total. The molecule has 1 spiro atoms. The summed E-state index contributed by atoms with van der Waals surface area (Å²) in [7, 11) is -3.30. The summed E-state index contributed by atoms with van der Waals surface area (Å²) in [6.45, 7) is 4.69. The van der Waals surface area contributed by atoms with Gasteiger partial charge in [0.1, 0.15) is 22.7 Å². The minimum absolute atomic E-state index is 0.175. The molecule has 5 nitrogen and oxygen atoms in total. The zero-order valence-electron chi connectivity index (χ0n) is 37.8. The lowest BCUT2D eigenvalue weighted by molar-refractivity contribution is 0.473. The molecular weight excluding hydrogens is 863 g/mol. The van der Waals surface area contributed by atoms with Crippen molar-refractivity contribution in [1.29, 1.82) is 0 Å². The second-order valence-electron chi connectivity index (χ2n) is 19.1. The van der Waals surface area contributed by atoms with E-state index >= 15 is 0 Å². The van der Waals surface area contributed by atoms with Gasteiger partial charge >= 0.3 is 0 Å². The standard InChI is InChI=1S/C63H41NO4Si/c1-63(2)49-19-9-6-16-43(49)44-30-28-41(36-50(44)63)64(40-26-24-39(25-27-40)38-14-4-3-5-15-38)42-29-33-56-54(37-42)65-53-22-12-13-23-55(53)69(56)57-34-31-47-45-17-7-10-20-51(45)66-59(47)61(57)68-62-58(69)35-32-48-46-18-8-11-21-52(46)67-60(48)62/h3-37H,1-2H3. The molecule has 0 bridgehead atoms. The van der Waals surface area contributed by atoms with Crippen LogP contribution in [0.15, 0.2) is 221 Å². The predicted molar refractivity (Wildman–Crippen MR) is 282 cm³/mol. The third kappa shape index (κ3) is 5.24. The SMILES string of the molecule is CC1(C)c2ccccc2-c2ccc(N(c3ccc(-c4ccccc4)cc3)c3ccc4c(c3)Oc3ccccc3[Si]43c4ccc5c(oc6ccccc65)c4Oc4c3ccc3c4oc4ccccc43)cc21. The molecule has 0 amide bonds. The van der Waals surface area contributed by atoms with Crippen LogP contribution in [0, 0.1) is 0 Å². The summed E-state index contributed by atoms with van der Waals surface area (Å²) >= 11 is 0. The number of furan rings is 2. The number of rotatable bonds is 4. The normalized spacial score (nSPS) is 14.4. The van der Waals surface area contributed by atoms with Crippen molar-refractivity contribution in [2.24, 2.45) is 0 Å². The van der Waals surface area contributed by atoms with Crippen molar-refractivity contribution in [3.8, 4) is 45.3 Å². The van der Waals surface area contributed by atoms with Crippen LogP contribution in [0.5, 0.6) is 23.0 Å². The van der Waals surface area contributed by atoms with Gasteiger partial charge in [0.05, 0.1) is 0 Å². The predicted octanol–water partition coefficient (Wildman–Crippen LogP) is 14.5. The van der Waals surface area contributed by atoms with E-state index in [1.165, 1.54) is 27.8 Å². The topological polar surface area (TPSA) is 48.0 Å². The van der Waals surface area contributed by atoms with Crippen molar-refractivity contribution >= 4 is 89.8 Å². The molecule has 0 fully saturated rings. The third-order valence-electron chi connectivity index (χ3n) is 15.2. The van der Waals surface area contributed by atoms with E-state index < -0.39 is 8.07 Å². The molecule has 2 aliphatic heterocycles. The van der Waals surface area contributed by atoms with E-state index in [1.54, 1.807) is 0 Å². The Labute approximate surface area is 399 Å². The van der Waals surface area contributed by atoms with Crippen LogP contribution >= 0.6 is 0 Å². The molecule has 326 valence electrons. The molecule has 0 radical (unpaired) electrons. The lowest BCUT2D eigenvalue weighted by atomic mass is 9.82. The lowest BCUT2D eigenvalue weighted by Crippen LogP contribution is -2.77. The van der Waals surface area contributed by atoms with Crippen molar-refractivity contribution < 1.29 is 18.3 Å². The Balaban J connectivity index is 0.989. The van der Waals surface area contributed by atoms with Gasteiger partial charge in [-0.2, -0.15) is 0 Å². The van der Waals surface area contributed by atoms with Crippen LogP contribution in [0.25, 0.3) is 66.1 Å². The molecule has 1 aliphatic carbocycles. The highest BCUT2D eigenvalue weighted by molar-refractivity contribution is 7.22. The van der Waals surface area contributed by atoms with Crippen molar-refractivity contribution in [3.63, 3.8) is 0 Å². The minimum atomic E-state index is -3.30. The quantitative estimate of drug-likeness (QED) is 0.165. The number of nitrogens with zero attached hydrogens (tertiary/aromatic N) is 1. The number of hydrogen-bond donors (Lipinski definition) is 0. The third-order valence-corrected chi connectivity index (χ3v) is 20.1. The molecule has 4 heterocycles. The van der Waals surface area contributed by atoms with Gasteiger partial charge in [0.15, 0.2) is 30.7 Å². The van der Waals surface area contributed by atoms with E-state index in [4.69, 9.17) is 18.3 Å². The molecule has 10 aromatic carbocycles. The molecule has 2 aromatic heterocycles. The zero-order valence-corrected chi connectivity index (χ0v) is 38.8. The summed E-state index contributed by atoms with van der Waals surface area (Å²) in [4.78, 5) is 2.38. The van der Waals surface area contributed by atoms with Gasteiger partial charge in [0, 0.05) is 60.5 Å². The Hall–Kier alpha value is -8.58. The molecule has 0 saturated heterocycles. The Kier molecular flexibility index (Phi) is 7.81. The summed E-state index contributed by atoms with van der Waals surface area (Å²) in [5.41, 5.74) is 13.6. The second-order valence-corrected chi connectivity index (χ2v) is 22.8. The maximum absolute atomic E-state index is 7.31. The summed E-state index contributed by atoms with van der Waals surface area (Å²) < 4.78 is 28.2. The first kappa shape index (κ1) is 38.5. The average molecular weight is 904 g/mol. The minimum Gasteiger partial charge on any atom is -0.457 e. The summed E-state index contributed by atoms with van der Waals surface area (Å²) in [5.74, 6) is 3.09. The highest BCUT2D eigenvalue weighted by Gasteiger charge is 2.54. The number of ether oxygens (including phenoxy) is 2. The largest absolute Gasteiger partial charge is 0.457 e. The monoisotopic (exact) mass is 903 g/mol. The maximum atomic E-state index is 7.31. The Morgan fingerprint density at radius 3 is 1.64 bits per heavy atom. The van der Waals surface area contributed by atoms with Gasteiger partial charge in [0.2, 0.25) is 0 Å². The molecule has 0 unspecified atom stereocenters. The van der Waals surface area contributed by atoms with Crippen molar-refractivity contribution in [3.05, 3.63) is 223 Å². The van der Waals surface area contributed by atoms with E-state index in [9.17, 15) is 0 Å². The van der Waals surface area contributed by atoms with E-state index in [0.29, 0.717) is 0 Å². The van der Waals surface area contributed by atoms with Crippen LogP contribution < -0.4 is 35.1 Å². The molecule has 0 atom stereocenters.